The minimum absolute atomic E-state index is 0.185. The fourth-order valence-electron chi connectivity index (χ4n) is 3.21. The van der Waals surface area contributed by atoms with E-state index in [-0.39, 0.29) is 12.0 Å². The topological polar surface area (TPSA) is 42.0 Å². The molecule has 1 aliphatic rings. The second kappa shape index (κ2) is 10.7. The van der Waals surface area contributed by atoms with Gasteiger partial charge in [-0.1, -0.05) is 24.3 Å². The highest BCUT2D eigenvalue weighted by molar-refractivity contribution is 5.78. The van der Waals surface area contributed by atoms with Gasteiger partial charge in [-0.2, -0.15) is 0 Å². The average Bonchev–Trinajstić information content (AvgIpc) is 2.66. The number of nitrogens with zero attached hydrogens (tertiary/aromatic N) is 2. The normalized spacial score (nSPS) is 16.2. The molecule has 0 spiro atoms. The van der Waals surface area contributed by atoms with Gasteiger partial charge in [-0.3, -0.25) is 9.69 Å². The first kappa shape index (κ1) is 20.9. The van der Waals surface area contributed by atoms with Crippen molar-refractivity contribution in [2.24, 2.45) is 5.92 Å². The number of piperidine rings is 1. The second-order valence-corrected chi connectivity index (χ2v) is 7.46. The van der Waals surface area contributed by atoms with Crippen molar-refractivity contribution < 1.29 is 14.3 Å². The number of rotatable bonds is 9. The fraction of sp³-hybridized carbons (Fsp3) is 0.667. The van der Waals surface area contributed by atoms with Crippen LogP contribution < -0.4 is 0 Å². The SMILES string of the molecule is COCCOCc1ccc(CN2CCC(C(=O)N(C)C(C)C)CC2)cc1. The predicted molar refractivity (Wildman–Crippen MR) is 104 cm³/mol. The second-order valence-electron chi connectivity index (χ2n) is 7.46. The number of ether oxygens (including phenoxy) is 2. The highest BCUT2D eigenvalue weighted by atomic mass is 16.5. The Balaban J connectivity index is 1.74. The standard InChI is InChI=1S/C21H34N2O3/c1-17(2)22(3)21(24)20-9-11-23(12-10-20)15-18-5-7-19(8-6-18)16-26-14-13-25-4/h5-8,17,20H,9-16H2,1-4H3. The Morgan fingerprint density at radius 3 is 2.35 bits per heavy atom. The van der Waals surface area contributed by atoms with E-state index in [4.69, 9.17) is 9.47 Å². The van der Waals surface area contributed by atoms with E-state index in [1.54, 1.807) is 7.11 Å². The van der Waals surface area contributed by atoms with Gasteiger partial charge in [0.2, 0.25) is 5.91 Å². The summed E-state index contributed by atoms with van der Waals surface area (Å²) in [7, 11) is 3.60. The molecule has 0 aromatic heterocycles. The Hall–Kier alpha value is -1.43. The maximum Gasteiger partial charge on any atom is 0.225 e. The molecule has 146 valence electrons. The molecule has 0 saturated carbocycles. The lowest BCUT2D eigenvalue weighted by Crippen LogP contribution is -2.43. The third-order valence-corrected chi connectivity index (χ3v) is 5.19. The molecule has 0 unspecified atom stereocenters. The van der Waals surface area contributed by atoms with Crippen molar-refractivity contribution in [3.05, 3.63) is 35.4 Å². The molecule has 2 rings (SSSR count). The summed E-state index contributed by atoms with van der Waals surface area (Å²) in [4.78, 5) is 16.8. The fourth-order valence-corrected chi connectivity index (χ4v) is 3.21. The molecule has 0 atom stereocenters. The lowest BCUT2D eigenvalue weighted by molar-refractivity contribution is -0.137. The van der Waals surface area contributed by atoms with Crippen LogP contribution in [0.15, 0.2) is 24.3 Å². The van der Waals surface area contributed by atoms with E-state index >= 15 is 0 Å². The van der Waals surface area contributed by atoms with Gasteiger partial charge < -0.3 is 14.4 Å². The Morgan fingerprint density at radius 1 is 1.15 bits per heavy atom. The van der Waals surface area contributed by atoms with Gasteiger partial charge in [-0.15, -0.1) is 0 Å². The molecular formula is C21H34N2O3. The number of methoxy groups -OCH3 is 1. The first-order valence-corrected chi connectivity index (χ1v) is 9.64. The van der Waals surface area contributed by atoms with E-state index in [0.29, 0.717) is 25.7 Å². The van der Waals surface area contributed by atoms with Crippen LogP contribution in [0.25, 0.3) is 0 Å². The van der Waals surface area contributed by atoms with Gasteiger partial charge in [-0.05, 0) is 50.9 Å². The third kappa shape index (κ3) is 6.38. The van der Waals surface area contributed by atoms with E-state index < -0.39 is 0 Å². The molecule has 1 fully saturated rings. The quantitative estimate of drug-likeness (QED) is 0.634. The first-order chi connectivity index (χ1) is 12.5. The molecule has 1 aromatic carbocycles. The number of hydrogen-bond acceptors (Lipinski definition) is 4. The molecule has 0 radical (unpaired) electrons. The van der Waals surface area contributed by atoms with Crippen LogP contribution in [-0.2, 0) is 27.4 Å². The van der Waals surface area contributed by atoms with Gasteiger partial charge >= 0.3 is 0 Å². The summed E-state index contributed by atoms with van der Waals surface area (Å²) in [5, 5.41) is 0. The van der Waals surface area contributed by atoms with Crippen LogP contribution in [-0.4, -0.2) is 62.2 Å². The summed E-state index contributed by atoms with van der Waals surface area (Å²) >= 11 is 0. The zero-order valence-electron chi connectivity index (χ0n) is 16.7. The van der Waals surface area contributed by atoms with Gasteiger partial charge in [0.1, 0.15) is 0 Å². The van der Waals surface area contributed by atoms with E-state index in [1.165, 1.54) is 11.1 Å². The lowest BCUT2D eigenvalue weighted by Gasteiger charge is -2.34. The van der Waals surface area contributed by atoms with Crippen LogP contribution in [0.5, 0.6) is 0 Å². The number of benzene rings is 1. The molecule has 1 aliphatic heterocycles. The number of likely N-dealkylation sites (tertiary alicyclic amines) is 1. The lowest BCUT2D eigenvalue weighted by atomic mass is 9.94. The van der Waals surface area contributed by atoms with Gasteiger partial charge in [0.15, 0.2) is 0 Å². The number of amides is 1. The van der Waals surface area contributed by atoms with Crippen molar-refractivity contribution in [1.29, 1.82) is 0 Å². The summed E-state index contributed by atoms with van der Waals surface area (Å²) < 4.78 is 10.5. The molecule has 5 heteroatoms. The molecule has 0 bridgehead atoms. The summed E-state index contributed by atoms with van der Waals surface area (Å²) in [5.41, 5.74) is 2.50. The molecule has 1 aromatic rings. The van der Waals surface area contributed by atoms with Gasteiger partial charge in [0.05, 0.1) is 19.8 Å². The summed E-state index contributed by atoms with van der Waals surface area (Å²) in [6.07, 6.45) is 1.92. The number of carbonyl (C=O) groups excluding carboxylic acids is 1. The van der Waals surface area contributed by atoms with Crippen LogP contribution in [0.1, 0.15) is 37.8 Å². The summed E-state index contributed by atoms with van der Waals surface area (Å²) in [6.45, 7) is 8.95. The number of hydrogen-bond donors (Lipinski definition) is 0. The average molecular weight is 363 g/mol. The van der Waals surface area contributed by atoms with E-state index in [2.05, 4.69) is 43.0 Å². The summed E-state index contributed by atoms with van der Waals surface area (Å²) in [5.74, 6) is 0.489. The molecule has 1 amide bonds. The van der Waals surface area contributed by atoms with Crippen molar-refractivity contribution in [1.82, 2.24) is 9.80 Å². The highest BCUT2D eigenvalue weighted by Gasteiger charge is 2.27. The van der Waals surface area contributed by atoms with E-state index in [1.807, 2.05) is 11.9 Å². The Kier molecular flexibility index (Phi) is 8.55. The molecule has 0 aliphatic carbocycles. The van der Waals surface area contributed by atoms with Crippen LogP contribution in [0, 0.1) is 5.92 Å². The number of carbonyl (C=O) groups is 1. The molecular weight excluding hydrogens is 328 g/mol. The first-order valence-electron chi connectivity index (χ1n) is 9.64. The van der Waals surface area contributed by atoms with Crippen LogP contribution >= 0.6 is 0 Å². The van der Waals surface area contributed by atoms with Crippen molar-refractivity contribution in [3.63, 3.8) is 0 Å². The monoisotopic (exact) mass is 362 g/mol. The minimum Gasteiger partial charge on any atom is -0.382 e. The Bertz CT molecular complexity index is 537. The van der Waals surface area contributed by atoms with E-state index in [9.17, 15) is 4.79 Å². The molecule has 26 heavy (non-hydrogen) atoms. The molecule has 1 heterocycles. The van der Waals surface area contributed by atoms with Crippen molar-refractivity contribution >= 4 is 5.91 Å². The molecule has 1 saturated heterocycles. The summed E-state index contributed by atoms with van der Waals surface area (Å²) in [6, 6.07) is 8.90. The van der Waals surface area contributed by atoms with Crippen molar-refractivity contribution in [2.75, 3.05) is 40.5 Å². The third-order valence-electron chi connectivity index (χ3n) is 5.19. The van der Waals surface area contributed by atoms with E-state index in [0.717, 1.165) is 32.5 Å². The zero-order chi connectivity index (χ0) is 18.9. The van der Waals surface area contributed by atoms with Crippen molar-refractivity contribution in [3.8, 4) is 0 Å². The Morgan fingerprint density at radius 2 is 1.77 bits per heavy atom. The van der Waals surface area contributed by atoms with Crippen LogP contribution in [0.4, 0.5) is 0 Å². The minimum atomic E-state index is 0.185. The van der Waals surface area contributed by atoms with Crippen LogP contribution in [0.3, 0.4) is 0 Å². The van der Waals surface area contributed by atoms with Gasteiger partial charge in [0, 0.05) is 32.7 Å². The van der Waals surface area contributed by atoms with Gasteiger partial charge in [-0.25, -0.2) is 0 Å². The smallest absolute Gasteiger partial charge is 0.225 e. The molecule has 0 N–H and O–H groups in total. The predicted octanol–water partition coefficient (Wildman–Crippen LogP) is 2.93. The van der Waals surface area contributed by atoms with Crippen molar-refractivity contribution in [2.45, 2.75) is 45.9 Å². The maximum absolute atomic E-state index is 12.5. The zero-order valence-corrected chi connectivity index (χ0v) is 16.7. The maximum atomic E-state index is 12.5. The van der Waals surface area contributed by atoms with Crippen LogP contribution in [0.2, 0.25) is 0 Å². The largest absolute Gasteiger partial charge is 0.382 e. The molecule has 5 nitrogen and oxygen atoms in total. The van der Waals surface area contributed by atoms with Gasteiger partial charge in [0.25, 0.3) is 0 Å². The highest BCUT2D eigenvalue weighted by Crippen LogP contribution is 2.21. The Labute approximate surface area is 158 Å².